The molecule has 0 aliphatic carbocycles. The van der Waals surface area contributed by atoms with Gasteiger partial charge in [0.05, 0.1) is 12.0 Å². The highest BCUT2D eigenvalue weighted by Crippen LogP contribution is 2.37. The molecule has 5 heteroatoms. The van der Waals surface area contributed by atoms with Gasteiger partial charge >= 0.3 is 0 Å². The minimum Gasteiger partial charge on any atom is -0.486 e. The third-order valence-electron chi connectivity index (χ3n) is 5.08. The number of likely N-dealkylation sites (tertiary alicyclic amines) is 1. The second-order valence-electron chi connectivity index (χ2n) is 6.84. The molecule has 2 aliphatic heterocycles. The molecule has 1 fully saturated rings. The molecule has 26 heavy (non-hydrogen) atoms. The summed E-state index contributed by atoms with van der Waals surface area (Å²) in [6.45, 7) is 2.35. The van der Waals surface area contributed by atoms with Gasteiger partial charge in [0.1, 0.15) is 13.2 Å². The van der Waals surface area contributed by atoms with Crippen LogP contribution in [-0.2, 0) is 11.3 Å². The Kier molecular flexibility index (Phi) is 4.80. The summed E-state index contributed by atoms with van der Waals surface area (Å²) in [5, 5.41) is 10.9. The highest BCUT2D eigenvalue weighted by atomic mass is 16.6. The maximum atomic E-state index is 12.9. The summed E-state index contributed by atoms with van der Waals surface area (Å²) in [5.74, 6) is 0.919. The third kappa shape index (κ3) is 3.40. The summed E-state index contributed by atoms with van der Waals surface area (Å²) in [6, 6.07) is 15.4. The van der Waals surface area contributed by atoms with Crippen LogP contribution in [-0.4, -0.2) is 35.7 Å². The van der Waals surface area contributed by atoms with E-state index in [9.17, 15) is 9.90 Å². The summed E-state index contributed by atoms with van der Waals surface area (Å²) in [5.41, 5.74) is 1.81. The lowest BCUT2D eigenvalue weighted by Gasteiger charge is -2.35. The topological polar surface area (TPSA) is 59.0 Å². The van der Waals surface area contributed by atoms with E-state index in [-0.39, 0.29) is 5.91 Å². The van der Waals surface area contributed by atoms with Gasteiger partial charge in [-0.3, -0.25) is 4.79 Å². The Labute approximate surface area is 153 Å². The Morgan fingerprint density at radius 3 is 2.65 bits per heavy atom. The standard InChI is InChI=1S/C21H23NO4/c23-20(16-8-9-18-19(13-16)26-12-11-25-18)17-7-4-10-22(21(17)24)14-15-5-2-1-3-6-15/h1-3,5-6,8-9,13,17,20,23H,4,7,10-12,14H2/t17-,20+/m0/s1. The normalized spacial score (nSPS) is 20.7. The van der Waals surface area contributed by atoms with Crippen LogP contribution in [0.25, 0.3) is 0 Å². The van der Waals surface area contributed by atoms with Gasteiger partial charge in [-0.2, -0.15) is 0 Å². The van der Waals surface area contributed by atoms with E-state index in [1.54, 1.807) is 6.07 Å². The fraction of sp³-hybridized carbons (Fsp3) is 0.381. The maximum absolute atomic E-state index is 12.9. The Morgan fingerprint density at radius 1 is 1.08 bits per heavy atom. The van der Waals surface area contributed by atoms with E-state index < -0.39 is 12.0 Å². The van der Waals surface area contributed by atoms with Gasteiger partial charge in [0, 0.05) is 13.1 Å². The number of amides is 1. The van der Waals surface area contributed by atoms with Gasteiger partial charge in [-0.05, 0) is 36.1 Å². The summed E-state index contributed by atoms with van der Waals surface area (Å²) in [4.78, 5) is 14.8. The lowest BCUT2D eigenvalue weighted by atomic mass is 9.87. The van der Waals surface area contributed by atoms with Crippen LogP contribution in [0, 0.1) is 5.92 Å². The molecule has 1 saturated heterocycles. The maximum Gasteiger partial charge on any atom is 0.228 e. The largest absolute Gasteiger partial charge is 0.486 e. The van der Waals surface area contributed by atoms with E-state index in [2.05, 4.69) is 0 Å². The van der Waals surface area contributed by atoms with Crippen molar-refractivity contribution in [3.8, 4) is 11.5 Å². The highest BCUT2D eigenvalue weighted by Gasteiger charge is 2.35. The Balaban J connectivity index is 1.50. The number of aliphatic hydroxyl groups is 1. The predicted molar refractivity (Wildman–Crippen MR) is 97.0 cm³/mol. The van der Waals surface area contributed by atoms with Crippen molar-refractivity contribution in [3.05, 3.63) is 59.7 Å². The van der Waals surface area contributed by atoms with E-state index in [0.29, 0.717) is 43.2 Å². The molecular formula is C21H23NO4. The first kappa shape index (κ1) is 16.9. The Morgan fingerprint density at radius 2 is 1.85 bits per heavy atom. The molecule has 0 aromatic heterocycles. The summed E-state index contributed by atoms with van der Waals surface area (Å²) in [7, 11) is 0. The summed E-state index contributed by atoms with van der Waals surface area (Å²) in [6.07, 6.45) is 0.752. The number of aliphatic hydroxyl groups excluding tert-OH is 1. The van der Waals surface area contributed by atoms with Crippen molar-refractivity contribution in [1.29, 1.82) is 0 Å². The Bertz CT molecular complexity index is 777. The quantitative estimate of drug-likeness (QED) is 0.918. The van der Waals surface area contributed by atoms with Crippen molar-refractivity contribution in [3.63, 3.8) is 0 Å². The van der Waals surface area contributed by atoms with Gasteiger partial charge in [0.2, 0.25) is 5.91 Å². The molecule has 1 amide bonds. The van der Waals surface area contributed by atoms with Crippen molar-refractivity contribution in [2.45, 2.75) is 25.5 Å². The van der Waals surface area contributed by atoms with Crippen LogP contribution in [0.3, 0.4) is 0 Å². The number of carbonyl (C=O) groups excluding carboxylic acids is 1. The molecular weight excluding hydrogens is 330 g/mol. The fourth-order valence-electron chi connectivity index (χ4n) is 3.70. The van der Waals surface area contributed by atoms with Crippen LogP contribution in [0.5, 0.6) is 11.5 Å². The number of piperidine rings is 1. The lowest BCUT2D eigenvalue weighted by Crippen LogP contribution is -2.42. The summed E-state index contributed by atoms with van der Waals surface area (Å²) >= 11 is 0. The van der Waals surface area contributed by atoms with E-state index in [0.717, 1.165) is 18.5 Å². The number of hydrogen-bond acceptors (Lipinski definition) is 4. The van der Waals surface area contributed by atoms with Gasteiger partial charge in [0.25, 0.3) is 0 Å². The average Bonchev–Trinajstić information content (AvgIpc) is 2.69. The van der Waals surface area contributed by atoms with Crippen LogP contribution in [0.15, 0.2) is 48.5 Å². The zero-order chi connectivity index (χ0) is 17.9. The average molecular weight is 353 g/mol. The van der Waals surface area contributed by atoms with Gasteiger partial charge < -0.3 is 19.5 Å². The van der Waals surface area contributed by atoms with Gasteiger partial charge in [0.15, 0.2) is 11.5 Å². The van der Waals surface area contributed by atoms with Crippen LogP contribution in [0.1, 0.15) is 30.1 Å². The molecule has 4 rings (SSSR count). The van der Waals surface area contributed by atoms with Crippen molar-refractivity contribution >= 4 is 5.91 Å². The molecule has 2 aromatic carbocycles. The fourth-order valence-corrected chi connectivity index (χ4v) is 3.70. The van der Waals surface area contributed by atoms with Crippen molar-refractivity contribution in [2.75, 3.05) is 19.8 Å². The van der Waals surface area contributed by atoms with Crippen LogP contribution < -0.4 is 9.47 Å². The minimum absolute atomic E-state index is 0.0162. The number of benzene rings is 2. The number of ether oxygens (including phenoxy) is 2. The molecule has 2 aromatic rings. The van der Waals surface area contributed by atoms with Gasteiger partial charge in [-0.25, -0.2) is 0 Å². The van der Waals surface area contributed by atoms with Gasteiger partial charge in [-0.15, -0.1) is 0 Å². The molecule has 0 unspecified atom stereocenters. The van der Waals surface area contributed by atoms with Gasteiger partial charge in [-0.1, -0.05) is 36.4 Å². The second-order valence-corrected chi connectivity index (χ2v) is 6.84. The van der Waals surface area contributed by atoms with Crippen molar-refractivity contribution < 1.29 is 19.4 Å². The first-order valence-corrected chi connectivity index (χ1v) is 9.13. The van der Waals surface area contributed by atoms with Crippen LogP contribution in [0.2, 0.25) is 0 Å². The molecule has 0 saturated carbocycles. The second kappa shape index (κ2) is 7.38. The van der Waals surface area contributed by atoms with Crippen LogP contribution in [0.4, 0.5) is 0 Å². The molecule has 2 heterocycles. The SMILES string of the molecule is O=C1[C@H]([C@H](O)c2ccc3c(c2)OCCO3)CCCN1Cc1ccccc1. The van der Waals surface area contributed by atoms with Crippen LogP contribution >= 0.6 is 0 Å². The molecule has 0 bridgehead atoms. The number of hydrogen-bond donors (Lipinski definition) is 1. The predicted octanol–water partition coefficient (Wildman–Crippen LogP) is 2.93. The number of carbonyl (C=O) groups is 1. The number of rotatable bonds is 4. The summed E-state index contributed by atoms with van der Waals surface area (Å²) < 4.78 is 11.1. The molecule has 0 radical (unpaired) electrons. The molecule has 2 atom stereocenters. The minimum atomic E-state index is -0.836. The third-order valence-corrected chi connectivity index (χ3v) is 5.08. The first-order chi connectivity index (χ1) is 12.7. The lowest BCUT2D eigenvalue weighted by molar-refractivity contribution is -0.143. The molecule has 136 valence electrons. The molecule has 2 aliphatic rings. The first-order valence-electron chi connectivity index (χ1n) is 9.13. The van der Waals surface area contributed by atoms with Crippen molar-refractivity contribution in [1.82, 2.24) is 4.90 Å². The van der Waals surface area contributed by atoms with E-state index in [1.165, 1.54) is 0 Å². The highest BCUT2D eigenvalue weighted by molar-refractivity contribution is 5.80. The molecule has 5 nitrogen and oxygen atoms in total. The smallest absolute Gasteiger partial charge is 0.228 e. The van der Waals surface area contributed by atoms with E-state index >= 15 is 0 Å². The zero-order valence-corrected chi connectivity index (χ0v) is 14.6. The van der Waals surface area contributed by atoms with Crippen molar-refractivity contribution in [2.24, 2.45) is 5.92 Å². The molecule has 1 N–H and O–H groups in total. The number of nitrogens with zero attached hydrogens (tertiary/aromatic N) is 1. The molecule has 0 spiro atoms. The van der Waals surface area contributed by atoms with E-state index in [1.807, 2.05) is 47.4 Å². The zero-order valence-electron chi connectivity index (χ0n) is 14.6. The van der Waals surface area contributed by atoms with E-state index in [4.69, 9.17) is 9.47 Å². The number of fused-ring (bicyclic) bond motifs is 1. The monoisotopic (exact) mass is 353 g/mol. The Hall–Kier alpha value is -2.53.